The van der Waals surface area contributed by atoms with Gasteiger partial charge < -0.3 is 0 Å². The summed E-state index contributed by atoms with van der Waals surface area (Å²) in [5.41, 5.74) is 5.25. The zero-order valence-electron chi connectivity index (χ0n) is 17.0. The van der Waals surface area contributed by atoms with E-state index >= 15 is 0 Å². The predicted molar refractivity (Wildman–Crippen MR) is 119 cm³/mol. The first-order chi connectivity index (χ1) is 14.4. The maximum Gasteiger partial charge on any atom is 0.268 e. The highest BCUT2D eigenvalue weighted by Gasteiger charge is 2.19. The number of imidazole rings is 1. The summed E-state index contributed by atoms with van der Waals surface area (Å²) in [7, 11) is -3.61. The van der Waals surface area contributed by atoms with Gasteiger partial charge in [-0.25, -0.2) is 17.4 Å². The number of aryl methyl sites for hydroxylation is 1. The molecule has 2 heterocycles. The fourth-order valence-electron chi connectivity index (χ4n) is 3.57. The number of nitrogens with zero attached hydrogens (tertiary/aromatic N) is 3. The van der Waals surface area contributed by atoms with Crippen LogP contribution in [-0.4, -0.2) is 35.4 Å². The normalized spacial score (nSPS) is 15.0. The van der Waals surface area contributed by atoms with Crippen molar-refractivity contribution in [2.75, 3.05) is 13.1 Å². The molecule has 0 unspecified atom stereocenters. The van der Waals surface area contributed by atoms with Crippen molar-refractivity contribution in [2.45, 2.75) is 24.8 Å². The highest BCUT2D eigenvalue weighted by molar-refractivity contribution is 7.90. The number of hydrogen-bond acceptors (Lipinski definition) is 4. The summed E-state index contributed by atoms with van der Waals surface area (Å²) in [4.78, 5) is 6.85. The maximum atomic E-state index is 12.8. The zero-order chi connectivity index (χ0) is 21.1. The van der Waals surface area contributed by atoms with E-state index in [2.05, 4.69) is 34.7 Å². The molecule has 6 heteroatoms. The van der Waals surface area contributed by atoms with Crippen molar-refractivity contribution in [3.05, 3.63) is 102 Å². The minimum atomic E-state index is -3.61. The van der Waals surface area contributed by atoms with E-state index in [1.807, 2.05) is 25.1 Å². The van der Waals surface area contributed by atoms with Crippen LogP contribution >= 0.6 is 0 Å². The van der Waals surface area contributed by atoms with Gasteiger partial charge in [0.1, 0.15) is 6.33 Å². The lowest BCUT2D eigenvalue weighted by molar-refractivity contribution is 0.285. The van der Waals surface area contributed by atoms with Gasteiger partial charge in [-0.3, -0.25) is 4.90 Å². The second-order valence-electron chi connectivity index (χ2n) is 7.57. The Morgan fingerprint density at radius 1 is 1.10 bits per heavy atom. The smallest absolute Gasteiger partial charge is 0.268 e. The molecular formula is C24H25N3O2S. The van der Waals surface area contributed by atoms with E-state index in [0.717, 1.165) is 41.9 Å². The topological polar surface area (TPSA) is 55.2 Å². The summed E-state index contributed by atoms with van der Waals surface area (Å²) >= 11 is 0. The Morgan fingerprint density at radius 3 is 2.50 bits per heavy atom. The Bertz CT molecular complexity index is 1180. The van der Waals surface area contributed by atoms with Gasteiger partial charge in [-0.15, -0.1) is 0 Å². The molecule has 0 amide bonds. The zero-order valence-corrected chi connectivity index (χ0v) is 17.8. The molecule has 154 valence electrons. The van der Waals surface area contributed by atoms with E-state index in [4.69, 9.17) is 0 Å². The van der Waals surface area contributed by atoms with Gasteiger partial charge in [-0.1, -0.05) is 60.7 Å². The molecule has 0 saturated heterocycles. The highest BCUT2D eigenvalue weighted by atomic mass is 32.2. The van der Waals surface area contributed by atoms with E-state index in [1.54, 1.807) is 30.5 Å². The molecule has 0 aliphatic carbocycles. The molecule has 0 bridgehead atoms. The van der Waals surface area contributed by atoms with Crippen LogP contribution < -0.4 is 0 Å². The summed E-state index contributed by atoms with van der Waals surface area (Å²) in [6.07, 6.45) is 6.11. The van der Waals surface area contributed by atoms with Crippen molar-refractivity contribution >= 4 is 15.6 Å². The maximum absolute atomic E-state index is 12.8. The van der Waals surface area contributed by atoms with Crippen LogP contribution in [0.1, 0.15) is 23.2 Å². The van der Waals surface area contributed by atoms with Gasteiger partial charge in [0.2, 0.25) is 0 Å². The van der Waals surface area contributed by atoms with Gasteiger partial charge >= 0.3 is 0 Å². The Balaban J connectivity index is 1.42. The molecule has 0 radical (unpaired) electrons. The Labute approximate surface area is 178 Å². The van der Waals surface area contributed by atoms with Crippen LogP contribution in [0.5, 0.6) is 0 Å². The largest absolute Gasteiger partial charge is 0.293 e. The first-order valence-corrected chi connectivity index (χ1v) is 11.4. The van der Waals surface area contributed by atoms with Gasteiger partial charge in [-0.05, 0) is 42.2 Å². The van der Waals surface area contributed by atoms with Crippen molar-refractivity contribution in [1.29, 1.82) is 0 Å². The molecule has 1 aromatic heterocycles. The average Bonchev–Trinajstić information content (AvgIpc) is 3.24. The number of rotatable bonds is 6. The van der Waals surface area contributed by atoms with Crippen LogP contribution in [0.3, 0.4) is 0 Å². The number of benzene rings is 2. The number of hydrogen-bond donors (Lipinski definition) is 0. The summed E-state index contributed by atoms with van der Waals surface area (Å²) in [6, 6.07) is 17.1. The summed E-state index contributed by atoms with van der Waals surface area (Å²) in [5.74, 6) is 0. The number of aromatic nitrogens is 2. The van der Waals surface area contributed by atoms with Gasteiger partial charge in [0.15, 0.2) is 0 Å². The standard InChI is InChI=1S/C24H25N3O2S/c1-19-8-10-24(11-9-19)30(28,29)27-17-23(25-18-27)16-26-14-12-22(13-15-26)20(2)21-6-4-3-5-7-21/h3-12,17-18H,2,13-16H2,1H3. The Hall–Kier alpha value is -2.96. The molecule has 0 fully saturated rings. The van der Waals surface area contributed by atoms with E-state index in [0.29, 0.717) is 6.54 Å². The van der Waals surface area contributed by atoms with Crippen LogP contribution in [0.2, 0.25) is 0 Å². The van der Waals surface area contributed by atoms with Crippen molar-refractivity contribution in [3.63, 3.8) is 0 Å². The summed E-state index contributed by atoms with van der Waals surface area (Å²) < 4.78 is 26.8. The van der Waals surface area contributed by atoms with E-state index < -0.39 is 10.0 Å². The van der Waals surface area contributed by atoms with Gasteiger partial charge in [-0.2, -0.15) is 0 Å². The molecule has 0 N–H and O–H groups in total. The van der Waals surface area contributed by atoms with Crippen LogP contribution in [0.4, 0.5) is 0 Å². The molecule has 0 saturated carbocycles. The molecule has 0 atom stereocenters. The van der Waals surface area contributed by atoms with Crippen molar-refractivity contribution in [1.82, 2.24) is 13.9 Å². The molecule has 1 aliphatic rings. The SMILES string of the molecule is C=C(C1=CCN(Cc2cn(S(=O)(=O)c3ccc(C)cc3)cn2)CC1)c1ccccc1. The van der Waals surface area contributed by atoms with Gasteiger partial charge in [0.25, 0.3) is 10.0 Å². The van der Waals surface area contributed by atoms with Crippen LogP contribution in [0.25, 0.3) is 5.57 Å². The van der Waals surface area contributed by atoms with E-state index in [-0.39, 0.29) is 4.90 Å². The number of allylic oxidation sites excluding steroid dienone is 1. The third-order valence-electron chi connectivity index (χ3n) is 5.40. The highest BCUT2D eigenvalue weighted by Crippen LogP contribution is 2.26. The van der Waals surface area contributed by atoms with Crippen LogP contribution in [0, 0.1) is 6.92 Å². The monoisotopic (exact) mass is 419 g/mol. The molecular weight excluding hydrogens is 394 g/mol. The lowest BCUT2D eigenvalue weighted by Crippen LogP contribution is -2.28. The lowest BCUT2D eigenvalue weighted by Gasteiger charge is -2.26. The first kappa shape index (κ1) is 20.3. The minimum Gasteiger partial charge on any atom is -0.293 e. The first-order valence-electron chi connectivity index (χ1n) is 9.95. The minimum absolute atomic E-state index is 0.266. The third kappa shape index (κ3) is 4.30. The Morgan fingerprint density at radius 2 is 1.83 bits per heavy atom. The molecule has 30 heavy (non-hydrogen) atoms. The summed E-state index contributed by atoms with van der Waals surface area (Å²) in [5, 5.41) is 0. The Kier molecular flexibility index (Phi) is 5.70. The van der Waals surface area contributed by atoms with Crippen molar-refractivity contribution < 1.29 is 8.42 Å². The van der Waals surface area contributed by atoms with Crippen LogP contribution in [-0.2, 0) is 16.6 Å². The van der Waals surface area contributed by atoms with Gasteiger partial charge in [0, 0.05) is 25.8 Å². The molecule has 0 spiro atoms. The quantitative estimate of drug-likeness (QED) is 0.599. The fraction of sp³-hybridized carbons (Fsp3) is 0.208. The molecule has 4 rings (SSSR count). The third-order valence-corrected chi connectivity index (χ3v) is 7.02. The van der Waals surface area contributed by atoms with E-state index in [9.17, 15) is 8.42 Å². The summed E-state index contributed by atoms with van der Waals surface area (Å²) in [6.45, 7) is 8.47. The predicted octanol–water partition coefficient (Wildman–Crippen LogP) is 4.27. The lowest BCUT2D eigenvalue weighted by atomic mass is 9.95. The molecule has 3 aromatic rings. The second kappa shape index (κ2) is 8.42. The van der Waals surface area contributed by atoms with Gasteiger partial charge in [0.05, 0.1) is 10.6 Å². The fourth-order valence-corrected chi connectivity index (χ4v) is 4.73. The van der Waals surface area contributed by atoms with Crippen molar-refractivity contribution in [3.8, 4) is 0 Å². The molecule has 2 aromatic carbocycles. The van der Waals surface area contributed by atoms with Crippen molar-refractivity contribution in [2.24, 2.45) is 0 Å². The average molecular weight is 420 g/mol. The molecule has 1 aliphatic heterocycles. The molecule has 5 nitrogen and oxygen atoms in total. The van der Waals surface area contributed by atoms with Crippen LogP contribution in [0.15, 0.2) is 90.2 Å². The second-order valence-corrected chi connectivity index (χ2v) is 9.42. The van der Waals surface area contributed by atoms with E-state index in [1.165, 1.54) is 15.9 Å².